The predicted molar refractivity (Wildman–Crippen MR) is 84.4 cm³/mol. The van der Waals surface area contributed by atoms with Gasteiger partial charge in [0.25, 0.3) is 5.91 Å². The highest BCUT2D eigenvalue weighted by molar-refractivity contribution is 5.96. The molecule has 0 saturated heterocycles. The van der Waals surface area contributed by atoms with Gasteiger partial charge >= 0.3 is 5.97 Å². The number of rotatable bonds is 4. The number of carbonyl (C=O) groups is 3. The fraction of sp³-hybridized carbons (Fsp3) is 0.471. The second-order valence-corrected chi connectivity index (χ2v) is 6.16. The summed E-state index contributed by atoms with van der Waals surface area (Å²) >= 11 is 0. The SMILES string of the molecule is O=C(CC1(C(=O)O)CCCCCC1)NNC(=O)c1ccccc1F. The zero-order valence-electron chi connectivity index (χ0n) is 13.3. The molecule has 1 saturated carbocycles. The molecule has 0 aromatic heterocycles. The molecule has 0 spiro atoms. The van der Waals surface area contributed by atoms with Gasteiger partial charge in [-0.1, -0.05) is 37.8 Å². The first-order chi connectivity index (χ1) is 11.4. The van der Waals surface area contributed by atoms with Crippen molar-refractivity contribution in [3.8, 4) is 0 Å². The van der Waals surface area contributed by atoms with Crippen molar-refractivity contribution in [1.82, 2.24) is 10.9 Å². The van der Waals surface area contributed by atoms with Crippen molar-refractivity contribution in [3.63, 3.8) is 0 Å². The summed E-state index contributed by atoms with van der Waals surface area (Å²) in [5, 5.41) is 9.54. The van der Waals surface area contributed by atoms with Gasteiger partial charge < -0.3 is 5.11 Å². The maximum atomic E-state index is 13.5. The fourth-order valence-corrected chi connectivity index (χ4v) is 3.06. The Hall–Kier alpha value is -2.44. The van der Waals surface area contributed by atoms with Crippen LogP contribution < -0.4 is 10.9 Å². The maximum absolute atomic E-state index is 13.5. The van der Waals surface area contributed by atoms with Crippen LogP contribution in [0.15, 0.2) is 24.3 Å². The van der Waals surface area contributed by atoms with Crippen LogP contribution in [0.2, 0.25) is 0 Å². The van der Waals surface area contributed by atoms with Crippen molar-refractivity contribution >= 4 is 17.8 Å². The molecule has 1 aliphatic carbocycles. The Morgan fingerprint density at radius 1 is 1.04 bits per heavy atom. The van der Waals surface area contributed by atoms with E-state index in [1.807, 2.05) is 0 Å². The minimum atomic E-state index is -1.09. The van der Waals surface area contributed by atoms with Gasteiger partial charge in [0.2, 0.25) is 5.91 Å². The lowest BCUT2D eigenvalue weighted by Crippen LogP contribution is -2.45. The molecule has 2 rings (SSSR count). The van der Waals surface area contributed by atoms with E-state index in [4.69, 9.17) is 0 Å². The Balaban J connectivity index is 1.95. The summed E-state index contributed by atoms with van der Waals surface area (Å²) in [5.41, 5.74) is 3.03. The third kappa shape index (κ3) is 4.31. The van der Waals surface area contributed by atoms with Gasteiger partial charge in [-0.05, 0) is 25.0 Å². The number of halogens is 1. The lowest BCUT2D eigenvalue weighted by Gasteiger charge is -2.27. The largest absolute Gasteiger partial charge is 0.481 e. The Morgan fingerprint density at radius 2 is 1.67 bits per heavy atom. The highest BCUT2D eigenvalue weighted by Gasteiger charge is 2.40. The molecule has 0 unspecified atom stereocenters. The Morgan fingerprint density at radius 3 is 2.25 bits per heavy atom. The summed E-state index contributed by atoms with van der Waals surface area (Å²) in [6.45, 7) is 0. The number of hydrogen-bond acceptors (Lipinski definition) is 3. The molecule has 2 amide bonds. The van der Waals surface area contributed by atoms with Crippen molar-refractivity contribution in [2.24, 2.45) is 5.41 Å². The van der Waals surface area contributed by atoms with E-state index in [1.165, 1.54) is 18.2 Å². The Kier molecular flexibility index (Phi) is 5.89. The van der Waals surface area contributed by atoms with E-state index in [0.29, 0.717) is 12.8 Å². The zero-order valence-corrected chi connectivity index (χ0v) is 13.3. The van der Waals surface area contributed by atoms with Crippen molar-refractivity contribution in [3.05, 3.63) is 35.6 Å². The monoisotopic (exact) mass is 336 g/mol. The molecule has 0 bridgehead atoms. The normalized spacial score (nSPS) is 16.7. The number of carbonyl (C=O) groups excluding carboxylic acids is 2. The van der Waals surface area contributed by atoms with Crippen LogP contribution in [-0.4, -0.2) is 22.9 Å². The Bertz CT molecular complexity index is 625. The molecule has 24 heavy (non-hydrogen) atoms. The molecule has 6 nitrogen and oxygen atoms in total. The molecular weight excluding hydrogens is 315 g/mol. The molecule has 7 heteroatoms. The van der Waals surface area contributed by atoms with E-state index in [-0.39, 0.29) is 12.0 Å². The lowest BCUT2D eigenvalue weighted by molar-refractivity contribution is -0.153. The zero-order chi connectivity index (χ0) is 17.6. The quantitative estimate of drug-likeness (QED) is 0.581. The predicted octanol–water partition coefficient (Wildman–Crippen LogP) is 2.40. The van der Waals surface area contributed by atoms with Crippen LogP contribution in [0, 0.1) is 11.2 Å². The van der Waals surface area contributed by atoms with E-state index in [9.17, 15) is 23.9 Å². The summed E-state index contributed by atoms with van der Waals surface area (Å²) in [7, 11) is 0. The summed E-state index contributed by atoms with van der Waals surface area (Å²) in [6, 6.07) is 5.39. The molecule has 130 valence electrons. The molecule has 1 aliphatic rings. The average molecular weight is 336 g/mol. The van der Waals surface area contributed by atoms with E-state index in [2.05, 4.69) is 10.9 Å². The van der Waals surface area contributed by atoms with Crippen molar-refractivity contribution in [1.29, 1.82) is 0 Å². The summed E-state index contributed by atoms with van der Waals surface area (Å²) in [5.74, 6) is -3.06. The van der Waals surface area contributed by atoms with Crippen molar-refractivity contribution in [2.45, 2.75) is 44.9 Å². The summed E-state index contributed by atoms with van der Waals surface area (Å²) < 4.78 is 13.5. The van der Waals surface area contributed by atoms with E-state index in [1.54, 1.807) is 0 Å². The van der Waals surface area contributed by atoms with Gasteiger partial charge in [0.05, 0.1) is 11.0 Å². The van der Waals surface area contributed by atoms with Crippen LogP contribution in [0.4, 0.5) is 4.39 Å². The van der Waals surface area contributed by atoms with Crippen LogP contribution in [0.3, 0.4) is 0 Å². The van der Waals surface area contributed by atoms with E-state index in [0.717, 1.165) is 31.7 Å². The number of benzene rings is 1. The molecule has 3 N–H and O–H groups in total. The lowest BCUT2D eigenvalue weighted by atomic mass is 9.77. The van der Waals surface area contributed by atoms with Gasteiger partial charge in [0.15, 0.2) is 0 Å². The van der Waals surface area contributed by atoms with E-state index < -0.39 is 29.0 Å². The van der Waals surface area contributed by atoms with Gasteiger partial charge in [-0.2, -0.15) is 0 Å². The second kappa shape index (κ2) is 7.90. The first-order valence-corrected chi connectivity index (χ1v) is 8.02. The molecule has 0 heterocycles. The standard InChI is InChI=1S/C17H21FN2O4/c18-13-8-4-3-7-12(13)15(22)20-19-14(21)11-17(16(23)24)9-5-1-2-6-10-17/h3-4,7-8H,1-2,5-6,9-11H2,(H,19,21)(H,20,22)(H,23,24). The highest BCUT2D eigenvalue weighted by Crippen LogP contribution is 2.38. The molecule has 1 aromatic rings. The molecule has 1 fully saturated rings. The van der Waals surface area contributed by atoms with Crippen LogP contribution in [0.1, 0.15) is 55.3 Å². The molecule has 1 aromatic carbocycles. The minimum Gasteiger partial charge on any atom is -0.481 e. The smallest absolute Gasteiger partial charge is 0.310 e. The summed E-state index contributed by atoms with van der Waals surface area (Å²) in [4.78, 5) is 35.6. The second-order valence-electron chi connectivity index (χ2n) is 6.16. The number of carboxylic acids is 1. The third-order valence-corrected chi connectivity index (χ3v) is 4.45. The van der Waals surface area contributed by atoms with Crippen LogP contribution in [0.25, 0.3) is 0 Å². The first-order valence-electron chi connectivity index (χ1n) is 8.02. The number of aliphatic carboxylic acids is 1. The fourth-order valence-electron chi connectivity index (χ4n) is 3.06. The number of hydrazine groups is 1. The number of carboxylic acid groups (broad SMARTS) is 1. The first kappa shape index (κ1) is 17.9. The summed E-state index contributed by atoms with van der Waals surface area (Å²) in [6.07, 6.45) is 4.12. The number of amides is 2. The molecule has 0 atom stereocenters. The third-order valence-electron chi connectivity index (χ3n) is 4.45. The van der Waals surface area contributed by atoms with Crippen molar-refractivity contribution < 1.29 is 23.9 Å². The average Bonchev–Trinajstić information content (AvgIpc) is 2.79. The van der Waals surface area contributed by atoms with Crippen LogP contribution >= 0.6 is 0 Å². The molecule has 0 radical (unpaired) electrons. The van der Waals surface area contributed by atoms with Crippen LogP contribution in [0.5, 0.6) is 0 Å². The Labute approximate surface area is 139 Å². The number of nitrogens with one attached hydrogen (secondary N) is 2. The van der Waals surface area contributed by atoms with Crippen LogP contribution in [-0.2, 0) is 9.59 Å². The molecule has 0 aliphatic heterocycles. The highest BCUT2D eigenvalue weighted by atomic mass is 19.1. The topological polar surface area (TPSA) is 95.5 Å². The van der Waals surface area contributed by atoms with Gasteiger partial charge in [-0.15, -0.1) is 0 Å². The minimum absolute atomic E-state index is 0.194. The maximum Gasteiger partial charge on any atom is 0.310 e. The van der Waals surface area contributed by atoms with Crippen molar-refractivity contribution in [2.75, 3.05) is 0 Å². The number of hydrogen-bond donors (Lipinski definition) is 3. The van der Waals surface area contributed by atoms with Gasteiger partial charge in [-0.25, -0.2) is 4.39 Å². The molecular formula is C17H21FN2O4. The van der Waals surface area contributed by atoms with Gasteiger partial charge in [-0.3, -0.25) is 25.2 Å². The van der Waals surface area contributed by atoms with Gasteiger partial charge in [0, 0.05) is 6.42 Å². The van der Waals surface area contributed by atoms with Gasteiger partial charge in [0.1, 0.15) is 5.82 Å². The van der Waals surface area contributed by atoms with E-state index >= 15 is 0 Å².